The van der Waals surface area contributed by atoms with Gasteiger partial charge in [-0.15, -0.1) is 0 Å². The number of methoxy groups -OCH3 is 2. The van der Waals surface area contributed by atoms with E-state index >= 15 is 0 Å². The number of ether oxygens (including phenoxy) is 2. The largest absolute Gasteiger partial charge is 0.493 e. The molecule has 1 atom stereocenters. The SMILES string of the molecule is COc1ccc(/C=N\C(C)c2c(Cl)cc(Cl)cc2Cl)cc1OC. The van der Waals surface area contributed by atoms with Crippen LogP contribution in [0.4, 0.5) is 0 Å². The third kappa shape index (κ3) is 4.31. The highest BCUT2D eigenvalue weighted by molar-refractivity contribution is 6.39. The van der Waals surface area contributed by atoms with Gasteiger partial charge in [0, 0.05) is 26.8 Å². The Morgan fingerprint density at radius 2 is 1.57 bits per heavy atom. The standard InChI is InChI=1S/C17H16Cl3NO2/c1-10(17-13(19)7-12(18)8-14(17)20)21-9-11-4-5-15(22-2)16(6-11)23-3/h4-10H,1-3H3/b21-9-. The molecule has 0 fully saturated rings. The molecule has 122 valence electrons. The lowest BCUT2D eigenvalue weighted by Gasteiger charge is -2.12. The quantitative estimate of drug-likeness (QED) is 0.617. The van der Waals surface area contributed by atoms with Gasteiger partial charge in [-0.2, -0.15) is 0 Å². The number of benzene rings is 2. The van der Waals surface area contributed by atoms with E-state index in [0.717, 1.165) is 11.1 Å². The van der Waals surface area contributed by atoms with Gasteiger partial charge in [0.2, 0.25) is 0 Å². The molecule has 6 heteroatoms. The van der Waals surface area contributed by atoms with E-state index in [0.29, 0.717) is 26.6 Å². The van der Waals surface area contributed by atoms with Gasteiger partial charge in [0.05, 0.1) is 20.3 Å². The van der Waals surface area contributed by atoms with Crippen LogP contribution in [0.5, 0.6) is 11.5 Å². The molecule has 0 saturated heterocycles. The van der Waals surface area contributed by atoms with Crippen molar-refractivity contribution < 1.29 is 9.47 Å². The van der Waals surface area contributed by atoms with Crippen LogP contribution < -0.4 is 9.47 Å². The average Bonchev–Trinajstić information content (AvgIpc) is 2.51. The summed E-state index contributed by atoms with van der Waals surface area (Å²) in [5.41, 5.74) is 1.63. The van der Waals surface area contributed by atoms with Crippen LogP contribution in [-0.4, -0.2) is 20.4 Å². The minimum absolute atomic E-state index is 0.208. The van der Waals surface area contributed by atoms with Crippen molar-refractivity contribution in [3.63, 3.8) is 0 Å². The Hall–Kier alpha value is -1.42. The lowest BCUT2D eigenvalue weighted by Crippen LogP contribution is -1.95. The third-order valence-electron chi connectivity index (χ3n) is 3.32. The maximum Gasteiger partial charge on any atom is 0.161 e. The molecule has 23 heavy (non-hydrogen) atoms. The summed E-state index contributed by atoms with van der Waals surface area (Å²) in [7, 11) is 3.19. The van der Waals surface area contributed by atoms with E-state index < -0.39 is 0 Å². The maximum atomic E-state index is 6.22. The number of hydrogen-bond acceptors (Lipinski definition) is 3. The van der Waals surface area contributed by atoms with Gasteiger partial charge in [0.25, 0.3) is 0 Å². The molecule has 0 amide bonds. The minimum Gasteiger partial charge on any atom is -0.493 e. The molecule has 0 spiro atoms. The van der Waals surface area contributed by atoms with E-state index in [-0.39, 0.29) is 6.04 Å². The van der Waals surface area contributed by atoms with Crippen LogP contribution in [0, 0.1) is 0 Å². The molecule has 0 radical (unpaired) electrons. The Bertz CT molecular complexity index is 709. The first-order valence-corrected chi connectivity index (χ1v) is 7.99. The molecule has 0 aliphatic carbocycles. The van der Waals surface area contributed by atoms with Crippen molar-refractivity contribution >= 4 is 41.0 Å². The lowest BCUT2D eigenvalue weighted by atomic mass is 10.1. The van der Waals surface area contributed by atoms with E-state index in [9.17, 15) is 0 Å². The molecular weight excluding hydrogens is 357 g/mol. The van der Waals surface area contributed by atoms with Crippen molar-refractivity contribution in [1.82, 2.24) is 0 Å². The highest BCUT2D eigenvalue weighted by Crippen LogP contribution is 2.35. The van der Waals surface area contributed by atoms with Crippen LogP contribution in [0.2, 0.25) is 15.1 Å². The minimum atomic E-state index is -0.208. The lowest BCUT2D eigenvalue weighted by molar-refractivity contribution is 0.355. The van der Waals surface area contributed by atoms with Crippen LogP contribution in [0.1, 0.15) is 24.1 Å². The monoisotopic (exact) mass is 371 g/mol. The van der Waals surface area contributed by atoms with Gasteiger partial charge in [0.1, 0.15) is 0 Å². The summed E-state index contributed by atoms with van der Waals surface area (Å²) in [5, 5.41) is 1.50. The Morgan fingerprint density at radius 3 is 2.13 bits per heavy atom. The number of halogens is 3. The van der Waals surface area contributed by atoms with Crippen LogP contribution in [0.15, 0.2) is 35.3 Å². The molecule has 0 bridgehead atoms. The van der Waals surface area contributed by atoms with Gasteiger partial charge in [-0.25, -0.2) is 0 Å². The van der Waals surface area contributed by atoms with Gasteiger partial charge >= 0.3 is 0 Å². The first kappa shape index (κ1) is 17.9. The molecule has 0 saturated carbocycles. The summed E-state index contributed by atoms with van der Waals surface area (Å²) < 4.78 is 10.5. The zero-order valence-corrected chi connectivity index (χ0v) is 15.2. The third-order valence-corrected chi connectivity index (χ3v) is 4.16. The topological polar surface area (TPSA) is 30.8 Å². The fourth-order valence-corrected chi connectivity index (χ4v) is 3.29. The van der Waals surface area contributed by atoms with Crippen LogP contribution in [0.3, 0.4) is 0 Å². The van der Waals surface area contributed by atoms with Gasteiger partial charge in [0.15, 0.2) is 11.5 Å². The predicted molar refractivity (Wildman–Crippen MR) is 97.0 cm³/mol. The maximum absolute atomic E-state index is 6.22. The Balaban J connectivity index is 2.27. The average molecular weight is 373 g/mol. The zero-order valence-electron chi connectivity index (χ0n) is 12.9. The molecule has 0 N–H and O–H groups in total. The normalized spacial score (nSPS) is 12.4. The Morgan fingerprint density at radius 1 is 0.957 bits per heavy atom. The van der Waals surface area contributed by atoms with Gasteiger partial charge in [-0.05, 0) is 42.8 Å². The highest BCUT2D eigenvalue weighted by atomic mass is 35.5. The first-order chi connectivity index (χ1) is 11.0. The van der Waals surface area contributed by atoms with Crippen molar-refractivity contribution in [3.05, 3.63) is 56.5 Å². The Labute approximate surface area is 150 Å². The van der Waals surface area contributed by atoms with Crippen molar-refractivity contribution in [2.75, 3.05) is 14.2 Å². The highest BCUT2D eigenvalue weighted by Gasteiger charge is 2.14. The summed E-state index contributed by atoms with van der Waals surface area (Å²) in [6.45, 7) is 1.91. The zero-order chi connectivity index (χ0) is 17.0. The predicted octanol–water partition coefficient (Wildman–Crippen LogP) is 5.84. The van der Waals surface area contributed by atoms with Crippen molar-refractivity contribution in [1.29, 1.82) is 0 Å². The van der Waals surface area contributed by atoms with Gasteiger partial charge in [-0.3, -0.25) is 4.99 Å². The number of aliphatic imine (C=N–C) groups is 1. The van der Waals surface area contributed by atoms with Crippen molar-refractivity contribution in [3.8, 4) is 11.5 Å². The summed E-state index contributed by atoms with van der Waals surface area (Å²) in [6.07, 6.45) is 1.74. The second kappa shape index (κ2) is 7.91. The van der Waals surface area contributed by atoms with Crippen LogP contribution in [-0.2, 0) is 0 Å². The van der Waals surface area contributed by atoms with E-state index in [1.54, 1.807) is 32.6 Å². The summed E-state index contributed by atoms with van der Waals surface area (Å²) >= 11 is 18.4. The molecule has 0 aromatic heterocycles. The van der Waals surface area contributed by atoms with Gasteiger partial charge in [-0.1, -0.05) is 34.8 Å². The molecule has 2 rings (SSSR count). The number of nitrogens with zero attached hydrogens (tertiary/aromatic N) is 1. The fourth-order valence-electron chi connectivity index (χ4n) is 2.16. The van der Waals surface area contributed by atoms with E-state index in [2.05, 4.69) is 4.99 Å². The summed E-state index contributed by atoms with van der Waals surface area (Å²) in [4.78, 5) is 4.51. The molecule has 0 aliphatic rings. The molecular formula is C17H16Cl3NO2. The number of rotatable bonds is 5. The van der Waals surface area contributed by atoms with Gasteiger partial charge < -0.3 is 9.47 Å². The smallest absolute Gasteiger partial charge is 0.161 e. The second-order valence-electron chi connectivity index (χ2n) is 4.85. The van der Waals surface area contributed by atoms with E-state index in [4.69, 9.17) is 44.3 Å². The number of hydrogen-bond donors (Lipinski definition) is 0. The molecule has 2 aromatic carbocycles. The van der Waals surface area contributed by atoms with E-state index in [1.807, 2.05) is 25.1 Å². The summed E-state index contributed by atoms with van der Waals surface area (Å²) in [6, 6.07) is 8.68. The fraction of sp³-hybridized carbons (Fsp3) is 0.235. The Kier molecular flexibility index (Phi) is 6.17. The van der Waals surface area contributed by atoms with Crippen molar-refractivity contribution in [2.24, 2.45) is 4.99 Å². The molecule has 1 unspecified atom stereocenters. The van der Waals surface area contributed by atoms with Crippen LogP contribution in [0.25, 0.3) is 0 Å². The molecule has 2 aromatic rings. The summed E-state index contributed by atoms with van der Waals surface area (Å²) in [5.74, 6) is 1.31. The molecule has 0 aliphatic heterocycles. The van der Waals surface area contributed by atoms with Crippen LogP contribution >= 0.6 is 34.8 Å². The molecule has 0 heterocycles. The van der Waals surface area contributed by atoms with Crippen molar-refractivity contribution in [2.45, 2.75) is 13.0 Å². The second-order valence-corrected chi connectivity index (χ2v) is 6.10. The van der Waals surface area contributed by atoms with E-state index in [1.165, 1.54) is 0 Å². The molecule has 3 nitrogen and oxygen atoms in total. The first-order valence-electron chi connectivity index (χ1n) is 6.86.